The average Bonchev–Trinajstić information content (AvgIpc) is 3.11. The molecule has 10 heteroatoms. The first-order chi connectivity index (χ1) is 17.4. The lowest BCUT2D eigenvalue weighted by Crippen LogP contribution is -2.41. The standard InChI is InChI=1S/C27H33N5O4S/c1-6-36-22-12-9-17(2)14-20(22)21-11-10-19(25(30-21)32-16-18(3)15-27(32,4)5)26(33)31-37(34,35)23-8-7-13-29-24(23)28/h7-14,18H,6,15-16H2,1-5H3,(H2,28,29)(H,31,33)/t18-/m0/s1. The van der Waals surface area contributed by atoms with Gasteiger partial charge in [0.05, 0.1) is 17.9 Å². The Hall–Kier alpha value is -3.66. The van der Waals surface area contributed by atoms with Crippen molar-refractivity contribution in [2.75, 3.05) is 23.8 Å². The Morgan fingerprint density at radius 3 is 2.65 bits per heavy atom. The van der Waals surface area contributed by atoms with Crippen LogP contribution in [0.1, 0.15) is 50.0 Å². The van der Waals surface area contributed by atoms with E-state index in [0.717, 1.165) is 17.5 Å². The summed E-state index contributed by atoms with van der Waals surface area (Å²) in [6, 6.07) is 12.0. The number of nitrogens with zero attached hydrogens (tertiary/aromatic N) is 3. The third-order valence-electron chi connectivity index (χ3n) is 6.48. The van der Waals surface area contributed by atoms with Gasteiger partial charge in [0.2, 0.25) is 0 Å². The summed E-state index contributed by atoms with van der Waals surface area (Å²) >= 11 is 0. The number of amides is 1. The molecule has 37 heavy (non-hydrogen) atoms. The van der Waals surface area contributed by atoms with Crippen LogP contribution in [0.25, 0.3) is 11.3 Å². The van der Waals surface area contributed by atoms with Crippen molar-refractivity contribution in [1.29, 1.82) is 0 Å². The van der Waals surface area contributed by atoms with Gasteiger partial charge in [0, 0.05) is 23.8 Å². The predicted octanol–water partition coefficient (Wildman–Crippen LogP) is 4.18. The van der Waals surface area contributed by atoms with Gasteiger partial charge >= 0.3 is 0 Å². The third-order valence-corrected chi connectivity index (χ3v) is 7.85. The number of benzene rings is 1. The number of nitrogen functional groups attached to an aromatic ring is 1. The summed E-state index contributed by atoms with van der Waals surface area (Å²) in [5, 5.41) is 0. The fourth-order valence-corrected chi connectivity index (χ4v) is 5.98. The largest absolute Gasteiger partial charge is 0.493 e. The van der Waals surface area contributed by atoms with Gasteiger partial charge in [0.15, 0.2) is 0 Å². The molecule has 0 unspecified atom stereocenters. The summed E-state index contributed by atoms with van der Waals surface area (Å²) in [6.45, 7) is 11.4. The van der Waals surface area contributed by atoms with Crippen LogP contribution in [-0.2, 0) is 10.0 Å². The maximum Gasteiger partial charge on any atom is 0.268 e. The minimum atomic E-state index is -4.25. The lowest BCUT2D eigenvalue weighted by Gasteiger charge is -2.34. The number of pyridine rings is 2. The zero-order valence-electron chi connectivity index (χ0n) is 21.8. The number of rotatable bonds is 7. The first kappa shape index (κ1) is 26.4. The first-order valence-electron chi connectivity index (χ1n) is 12.2. The minimum Gasteiger partial charge on any atom is -0.493 e. The summed E-state index contributed by atoms with van der Waals surface area (Å²) in [5.41, 5.74) is 8.10. The molecule has 1 saturated heterocycles. The molecule has 2 aromatic heterocycles. The van der Waals surface area contributed by atoms with E-state index < -0.39 is 15.9 Å². The van der Waals surface area contributed by atoms with Crippen LogP contribution in [0.4, 0.5) is 11.6 Å². The fraction of sp³-hybridized carbons (Fsp3) is 0.370. The molecular weight excluding hydrogens is 490 g/mol. The van der Waals surface area contributed by atoms with E-state index in [1.165, 1.54) is 18.3 Å². The van der Waals surface area contributed by atoms with Crippen molar-refractivity contribution in [2.24, 2.45) is 5.92 Å². The Bertz CT molecular complexity index is 1440. The van der Waals surface area contributed by atoms with Crippen LogP contribution >= 0.6 is 0 Å². The Kier molecular flexibility index (Phi) is 7.14. The molecule has 1 aliphatic heterocycles. The maximum absolute atomic E-state index is 13.4. The second-order valence-electron chi connectivity index (χ2n) is 10.1. The Balaban J connectivity index is 1.82. The van der Waals surface area contributed by atoms with Crippen molar-refractivity contribution in [3.05, 3.63) is 59.8 Å². The highest BCUT2D eigenvalue weighted by Gasteiger charge is 2.39. The molecule has 0 aliphatic carbocycles. The van der Waals surface area contributed by atoms with Crippen molar-refractivity contribution in [2.45, 2.75) is 51.5 Å². The molecule has 1 aromatic carbocycles. The van der Waals surface area contributed by atoms with Crippen LogP contribution in [0, 0.1) is 12.8 Å². The molecular formula is C27H33N5O4S. The lowest BCUT2D eigenvalue weighted by atomic mass is 9.97. The summed E-state index contributed by atoms with van der Waals surface area (Å²) in [6.07, 6.45) is 2.29. The second-order valence-corrected chi connectivity index (χ2v) is 11.7. The van der Waals surface area contributed by atoms with Gasteiger partial charge in [-0.3, -0.25) is 4.79 Å². The molecule has 3 heterocycles. The number of aryl methyl sites for hydroxylation is 1. The summed E-state index contributed by atoms with van der Waals surface area (Å²) in [5.74, 6) is 0.499. The highest BCUT2D eigenvalue weighted by Crippen LogP contribution is 2.39. The van der Waals surface area contributed by atoms with Crippen molar-refractivity contribution in [1.82, 2.24) is 14.7 Å². The predicted molar refractivity (Wildman–Crippen MR) is 144 cm³/mol. The van der Waals surface area contributed by atoms with Gasteiger partial charge in [-0.2, -0.15) is 0 Å². The number of hydrogen-bond acceptors (Lipinski definition) is 8. The zero-order valence-corrected chi connectivity index (χ0v) is 22.6. The van der Waals surface area contributed by atoms with E-state index in [-0.39, 0.29) is 21.8 Å². The molecule has 1 aliphatic rings. The number of nitrogens with two attached hydrogens (primary N) is 1. The molecule has 3 N–H and O–H groups in total. The van der Waals surface area contributed by atoms with E-state index in [1.807, 2.05) is 32.0 Å². The second kappa shape index (κ2) is 10.0. The van der Waals surface area contributed by atoms with Gasteiger partial charge in [0.1, 0.15) is 22.3 Å². The van der Waals surface area contributed by atoms with Crippen molar-refractivity contribution >= 4 is 27.6 Å². The molecule has 1 atom stereocenters. The monoisotopic (exact) mass is 523 g/mol. The van der Waals surface area contributed by atoms with Crippen molar-refractivity contribution < 1.29 is 17.9 Å². The molecule has 0 saturated carbocycles. The van der Waals surface area contributed by atoms with Gasteiger partial charge < -0.3 is 15.4 Å². The number of nitrogens with one attached hydrogen (secondary N) is 1. The molecule has 1 fully saturated rings. The lowest BCUT2D eigenvalue weighted by molar-refractivity contribution is 0.0981. The van der Waals surface area contributed by atoms with Gasteiger partial charge in [-0.05, 0) is 76.4 Å². The quantitative estimate of drug-likeness (QED) is 0.472. The van der Waals surface area contributed by atoms with Gasteiger partial charge in [0.25, 0.3) is 15.9 Å². The smallest absolute Gasteiger partial charge is 0.268 e. The summed E-state index contributed by atoms with van der Waals surface area (Å²) in [4.78, 5) is 24.0. The molecule has 0 spiro atoms. The van der Waals surface area contributed by atoms with E-state index in [0.29, 0.717) is 36.3 Å². The molecule has 1 amide bonds. The number of ether oxygens (including phenoxy) is 1. The molecule has 0 radical (unpaired) electrons. The molecule has 196 valence electrons. The van der Waals surface area contributed by atoms with Crippen molar-refractivity contribution in [3.8, 4) is 17.0 Å². The number of carbonyl (C=O) groups excluding carboxylic acids is 1. The third kappa shape index (κ3) is 5.39. The van der Waals surface area contributed by atoms with Crippen LogP contribution in [-0.4, -0.2) is 43.0 Å². The molecule has 0 bridgehead atoms. The number of carbonyl (C=O) groups is 1. The van der Waals surface area contributed by atoms with E-state index in [4.69, 9.17) is 15.5 Å². The SMILES string of the molecule is CCOc1ccc(C)cc1-c1ccc(C(=O)NS(=O)(=O)c2cccnc2N)c(N2C[C@@H](C)CC2(C)C)n1. The Morgan fingerprint density at radius 1 is 1.24 bits per heavy atom. The Morgan fingerprint density at radius 2 is 2.00 bits per heavy atom. The molecule has 9 nitrogen and oxygen atoms in total. The first-order valence-corrected chi connectivity index (χ1v) is 13.7. The topological polar surface area (TPSA) is 128 Å². The van der Waals surface area contributed by atoms with Crippen LogP contribution in [0.15, 0.2) is 53.6 Å². The highest BCUT2D eigenvalue weighted by molar-refractivity contribution is 7.90. The number of aromatic nitrogens is 2. The zero-order chi connectivity index (χ0) is 27.0. The normalized spacial score (nSPS) is 17.0. The van der Waals surface area contributed by atoms with Crippen LogP contribution in [0.2, 0.25) is 0 Å². The van der Waals surface area contributed by atoms with Crippen LogP contribution in [0.3, 0.4) is 0 Å². The number of sulfonamides is 1. The average molecular weight is 524 g/mol. The minimum absolute atomic E-state index is 0.155. The van der Waals surface area contributed by atoms with E-state index >= 15 is 0 Å². The van der Waals surface area contributed by atoms with Gasteiger partial charge in [-0.25, -0.2) is 23.1 Å². The summed E-state index contributed by atoms with van der Waals surface area (Å²) in [7, 11) is -4.25. The number of hydrogen-bond donors (Lipinski definition) is 2. The van der Waals surface area contributed by atoms with Gasteiger partial charge in [-0.15, -0.1) is 0 Å². The molecule has 4 rings (SSSR count). The van der Waals surface area contributed by atoms with Gasteiger partial charge in [-0.1, -0.05) is 18.6 Å². The Labute approximate surface area is 218 Å². The molecule has 3 aromatic rings. The van der Waals surface area contributed by atoms with E-state index in [1.54, 1.807) is 12.1 Å². The van der Waals surface area contributed by atoms with Crippen LogP contribution in [0.5, 0.6) is 5.75 Å². The fourth-order valence-electron chi connectivity index (χ4n) is 4.93. The van der Waals surface area contributed by atoms with Crippen LogP contribution < -0.4 is 20.1 Å². The van der Waals surface area contributed by atoms with Crippen molar-refractivity contribution in [3.63, 3.8) is 0 Å². The van der Waals surface area contributed by atoms with E-state index in [9.17, 15) is 13.2 Å². The number of anilines is 2. The van der Waals surface area contributed by atoms with E-state index in [2.05, 4.69) is 35.4 Å². The highest BCUT2D eigenvalue weighted by atomic mass is 32.2. The summed E-state index contributed by atoms with van der Waals surface area (Å²) < 4.78 is 34.0. The maximum atomic E-state index is 13.4.